The first kappa shape index (κ1) is 18.9. The van der Waals surface area contributed by atoms with E-state index in [4.69, 9.17) is 11.6 Å². The summed E-state index contributed by atoms with van der Waals surface area (Å²) >= 11 is 6.00. The van der Waals surface area contributed by atoms with E-state index in [2.05, 4.69) is 5.32 Å². The standard InChI is InChI=1S/C19H20ClFN2O2/c1-13(19(25)22-2)23(12-15-4-3-5-16(20)10-15)18(24)11-14-6-8-17(21)9-7-14/h3-10,13H,11-12H2,1-2H3,(H,22,25)/t13-/m0/s1. The summed E-state index contributed by atoms with van der Waals surface area (Å²) in [6.07, 6.45) is 0.0855. The summed E-state index contributed by atoms with van der Waals surface area (Å²) in [5.74, 6) is -0.831. The molecule has 6 heteroatoms. The van der Waals surface area contributed by atoms with Crippen molar-refractivity contribution in [3.8, 4) is 0 Å². The van der Waals surface area contributed by atoms with Crippen molar-refractivity contribution < 1.29 is 14.0 Å². The van der Waals surface area contributed by atoms with Gasteiger partial charge in [0.05, 0.1) is 6.42 Å². The molecule has 2 aromatic rings. The fourth-order valence-electron chi connectivity index (χ4n) is 2.50. The first-order chi connectivity index (χ1) is 11.9. The zero-order chi connectivity index (χ0) is 18.4. The third kappa shape index (κ3) is 5.29. The first-order valence-electron chi connectivity index (χ1n) is 7.90. The minimum atomic E-state index is -0.642. The lowest BCUT2D eigenvalue weighted by molar-refractivity contribution is -0.139. The van der Waals surface area contributed by atoms with Crippen LogP contribution in [-0.2, 0) is 22.6 Å². The lowest BCUT2D eigenvalue weighted by Gasteiger charge is -2.28. The van der Waals surface area contributed by atoms with Gasteiger partial charge in [0, 0.05) is 18.6 Å². The molecule has 0 spiro atoms. The van der Waals surface area contributed by atoms with Crippen molar-refractivity contribution in [1.29, 1.82) is 0 Å². The second-order valence-corrected chi connectivity index (χ2v) is 6.18. The van der Waals surface area contributed by atoms with Gasteiger partial charge in [-0.3, -0.25) is 9.59 Å². The Kier molecular flexibility index (Phi) is 6.53. The quantitative estimate of drug-likeness (QED) is 0.858. The maximum atomic E-state index is 13.0. The molecule has 0 aliphatic carbocycles. The molecule has 0 fully saturated rings. The maximum Gasteiger partial charge on any atom is 0.242 e. The molecule has 2 amide bonds. The highest BCUT2D eigenvalue weighted by molar-refractivity contribution is 6.30. The summed E-state index contributed by atoms with van der Waals surface area (Å²) in [6, 6.07) is 12.3. The molecule has 2 rings (SSSR count). The largest absolute Gasteiger partial charge is 0.357 e. The Morgan fingerprint density at radius 3 is 2.44 bits per heavy atom. The molecule has 1 N–H and O–H groups in total. The lowest BCUT2D eigenvalue weighted by Crippen LogP contribution is -2.47. The molecule has 0 aliphatic heterocycles. The van der Waals surface area contributed by atoms with Crippen LogP contribution in [0.15, 0.2) is 48.5 Å². The zero-order valence-corrected chi connectivity index (χ0v) is 14.9. The van der Waals surface area contributed by atoms with E-state index in [0.717, 1.165) is 5.56 Å². The predicted molar refractivity (Wildman–Crippen MR) is 95.6 cm³/mol. The third-order valence-electron chi connectivity index (χ3n) is 3.92. The molecule has 0 heterocycles. The van der Waals surface area contributed by atoms with Crippen molar-refractivity contribution in [3.63, 3.8) is 0 Å². The van der Waals surface area contributed by atoms with Crippen LogP contribution in [0.1, 0.15) is 18.1 Å². The Labute approximate surface area is 151 Å². The first-order valence-corrected chi connectivity index (χ1v) is 8.28. The van der Waals surface area contributed by atoms with Gasteiger partial charge in [-0.25, -0.2) is 4.39 Å². The van der Waals surface area contributed by atoms with Gasteiger partial charge in [-0.05, 0) is 42.3 Å². The van der Waals surface area contributed by atoms with Gasteiger partial charge in [0.25, 0.3) is 0 Å². The summed E-state index contributed by atoms with van der Waals surface area (Å²) in [7, 11) is 1.53. The molecule has 2 aromatic carbocycles. The van der Waals surface area contributed by atoms with E-state index in [0.29, 0.717) is 10.6 Å². The highest BCUT2D eigenvalue weighted by Crippen LogP contribution is 2.16. The average Bonchev–Trinajstić information content (AvgIpc) is 2.60. The number of nitrogens with one attached hydrogen (secondary N) is 1. The second kappa shape index (κ2) is 8.62. The number of halogens is 2. The van der Waals surface area contributed by atoms with Gasteiger partial charge in [-0.1, -0.05) is 35.9 Å². The highest BCUT2D eigenvalue weighted by atomic mass is 35.5. The van der Waals surface area contributed by atoms with Crippen LogP contribution in [0.4, 0.5) is 4.39 Å². The molecule has 0 aliphatic rings. The number of nitrogens with zero attached hydrogens (tertiary/aromatic N) is 1. The number of benzene rings is 2. The van der Waals surface area contributed by atoms with Gasteiger partial charge < -0.3 is 10.2 Å². The third-order valence-corrected chi connectivity index (χ3v) is 4.16. The SMILES string of the molecule is CNC(=O)[C@H](C)N(Cc1cccc(Cl)c1)C(=O)Cc1ccc(F)cc1. The van der Waals surface area contributed by atoms with Crippen molar-refractivity contribution >= 4 is 23.4 Å². The van der Waals surface area contributed by atoms with E-state index in [1.807, 2.05) is 6.07 Å². The molecule has 25 heavy (non-hydrogen) atoms. The number of hydrogen-bond donors (Lipinski definition) is 1. The van der Waals surface area contributed by atoms with Crippen molar-refractivity contribution in [2.24, 2.45) is 0 Å². The molecule has 0 bridgehead atoms. The molecule has 4 nitrogen and oxygen atoms in total. The summed E-state index contributed by atoms with van der Waals surface area (Å²) in [4.78, 5) is 26.3. The number of likely N-dealkylation sites (N-methyl/N-ethyl adjacent to an activating group) is 1. The van der Waals surface area contributed by atoms with Crippen LogP contribution in [-0.4, -0.2) is 29.8 Å². The summed E-state index contributed by atoms with van der Waals surface area (Å²) in [5.41, 5.74) is 1.52. The van der Waals surface area contributed by atoms with Crippen LogP contribution in [0.5, 0.6) is 0 Å². The van der Waals surface area contributed by atoms with E-state index in [9.17, 15) is 14.0 Å². The predicted octanol–water partition coefficient (Wildman–Crippen LogP) is 3.18. The van der Waals surface area contributed by atoms with Crippen molar-refractivity contribution in [1.82, 2.24) is 10.2 Å². The topological polar surface area (TPSA) is 49.4 Å². The van der Waals surface area contributed by atoms with Gasteiger partial charge in [-0.15, -0.1) is 0 Å². The normalized spacial score (nSPS) is 11.7. The highest BCUT2D eigenvalue weighted by Gasteiger charge is 2.25. The van der Waals surface area contributed by atoms with Crippen LogP contribution in [0.25, 0.3) is 0 Å². The molecular weight excluding hydrogens is 343 g/mol. The number of hydrogen-bond acceptors (Lipinski definition) is 2. The van der Waals surface area contributed by atoms with E-state index in [1.165, 1.54) is 24.1 Å². The monoisotopic (exact) mass is 362 g/mol. The zero-order valence-electron chi connectivity index (χ0n) is 14.1. The molecule has 0 radical (unpaired) electrons. The smallest absolute Gasteiger partial charge is 0.242 e. The minimum Gasteiger partial charge on any atom is -0.357 e. The molecular formula is C19H20ClFN2O2. The number of rotatable bonds is 6. The van der Waals surface area contributed by atoms with Crippen LogP contribution >= 0.6 is 11.6 Å². The molecule has 0 aromatic heterocycles. The maximum absolute atomic E-state index is 13.0. The summed E-state index contributed by atoms with van der Waals surface area (Å²) in [6.45, 7) is 1.93. The average molecular weight is 363 g/mol. The number of amides is 2. The molecule has 0 saturated carbocycles. The van der Waals surface area contributed by atoms with Gasteiger partial charge in [-0.2, -0.15) is 0 Å². The Morgan fingerprint density at radius 1 is 1.16 bits per heavy atom. The molecule has 132 valence electrons. The Hall–Kier alpha value is -2.40. The summed E-state index contributed by atoms with van der Waals surface area (Å²) in [5, 5.41) is 3.13. The van der Waals surface area contributed by atoms with Crippen LogP contribution < -0.4 is 5.32 Å². The fraction of sp³-hybridized carbons (Fsp3) is 0.263. The van der Waals surface area contributed by atoms with Crippen LogP contribution in [0.2, 0.25) is 5.02 Å². The Balaban J connectivity index is 2.21. The molecule has 1 atom stereocenters. The second-order valence-electron chi connectivity index (χ2n) is 5.75. The number of carbonyl (C=O) groups is 2. The minimum absolute atomic E-state index is 0.0855. The number of carbonyl (C=O) groups excluding carboxylic acids is 2. The van der Waals surface area contributed by atoms with E-state index in [1.54, 1.807) is 37.3 Å². The molecule has 0 unspecified atom stereocenters. The van der Waals surface area contributed by atoms with Crippen molar-refractivity contribution in [2.45, 2.75) is 25.9 Å². The lowest BCUT2D eigenvalue weighted by atomic mass is 10.1. The van der Waals surface area contributed by atoms with E-state index >= 15 is 0 Å². The van der Waals surface area contributed by atoms with Gasteiger partial charge >= 0.3 is 0 Å². The van der Waals surface area contributed by atoms with Gasteiger partial charge in [0.1, 0.15) is 11.9 Å². The fourth-order valence-corrected chi connectivity index (χ4v) is 2.71. The summed E-state index contributed by atoms with van der Waals surface area (Å²) < 4.78 is 13.0. The Bertz CT molecular complexity index is 749. The van der Waals surface area contributed by atoms with Gasteiger partial charge in [0.15, 0.2) is 0 Å². The van der Waals surface area contributed by atoms with Crippen molar-refractivity contribution in [2.75, 3.05) is 7.05 Å². The van der Waals surface area contributed by atoms with E-state index in [-0.39, 0.29) is 30.6 Å². The van der Waals surface area contributed by atoms with Crippen LogP contribution in [0, 0.1) is 5.82 Å². The van der Waals surface area contributed by atoms with Crippen LogP contribution in [0.3, 0.4) is 0 Å². The molecule has 0 saturated heterocycles. The van der Waals surface area contributed by atoms with Gasteiger partial charge in [0.2, 0.25) is 11.8 Å². The Morgan fingerprint density at radius 2 is 1.84 bits per heavy atom. The van der Waals surface area contributed by atoms with E-state index < -0.39 is 6.04 Å². The van der Waals surface area contributed by atoms with Crippen molar-refractivity contribution in [3.05, 3.63) is 70.5 Å².